The van der Waals surface area contributed by atoms with Crippen LogP contribution in [-0.2, 0) is 16.1 Å². The molecule has 6 nitrogen and oxygen atoms in total. The lowest BCUT2D eigenvalue weighted by Gasteiger charge is -2.35. The van der Waals surface area contributed by atoms with E-state index in [4.69, 9.17) is 4.74 Å². The quantitative estimate of drug-likeness (QED) is 0.829. The number of carbonyl (C=O) groups excluding carboxylic acids is 1. The van der Waals surface area contributed by atoms with Crippen LogP contribution < -0.4 is 5.32 Å². The molecule has 1 aliphatic heterocycles. The molecule has 1 saturated heterocycles. The Hall–Kier alpha value is -1.83. The molecular weight excluding hydrogens is 336 g/mol. The maximum absolute atomic E-state index is 12.4. The lowest BCUT2D eigenvalue weighted by molar-refractivity contribution is -0.125. The molecule has 1 atom stereocenters. The first kappa shape index (κ1) is 16.6. The van der Waals surface area contributed by atoms with Crippen molar-refractivity contribution in [1.82, 2.24) is 19.0 Å². The van der Waals surface area contributed by atoms with Crippen molar-refractivity contribution in [3.8, 4) is 0 Å². The first-order chi connectivity index (χ1) is 12.3. The fourth-order valence-corrected chi connectivity index (χ4v) is 4.00. The van der Waals surface area contributed by atoms with Gasteiger partial charge < -0.3 is 10.1 Å². The molecule has 0 spiro atoms. The summed E-state index contributed by atoms with van der Waals surface area (Å²) in [5.74, 6) is 0.119. The van der Waals surface area contributed by atoms with Crippen LogP contribution in [0.5, 0.6) is 0 Å². The molecule has 4 rings (SSSR count). The minimum absolute atomic E-state index is 0.118. The van der Waals surface area contributed by atoms with Gasteiger partial charge in [-0.15, -0.1) is 0 Å². The maximum atomic E-state index is 12.4. The summed E-state index contributed by atoms with van der Waals surface area (Å²) >= 11 is 1.24. The van der Waals surface area contributed by atoms with Gasteiger partial charge in [0.1, 0.15) is 11.0 Å². The second kappa shape index (κ2) is 7.59. The Morgan fingerprint density at radius 3 is 3.00 bits per heavy atom. The van der Waals surface area contributed by atoms with Crippen LogP contribution in [-0.4, -0.2) is 51.4 Å². The molecule has 1 aromatic heterocycles. The van der Waals surface area contributed by atoms with Gasteiger partial charge in [0.15, 0.2) is 0 Å². The van der Waals surface area contributed by atoms with Gasteiger partial charge in [-0.3, -0.25) is 9.69 Å². The zero-order chi connectivity index (χ0) is 17.1. The van der Waals surface area contributed by atoms with Crippen LogP contribution in [0.3, 0.4) is 0 Å². The van der Waals surface area contributed by atoms with Crippen LogP contribution in [0.15, 0.2) is 30.4 Å². The standard InChI is InChI=1S/C18H22N4O2S/c23-18(19-14-3-1-2-4-14)10-15-12-24-8-7-22(15)11-13-5-6-16-17(9-13)21-25-20-16/h1-2,5-6,9,14-15H,3-4,7-8,10-12H2,(H,19,23). The van der Waals surface area contributed by atoms with E-state index in [0.29, 0.717) is 19.6 Å². The van der Waals surface area contributed by atoms with E-state index in [-0.39, 0.29) is 18.0 Å². The third-order valence-electron chi connectivity index (χ3n) is 4.85. The van der Waals surface area contributed by atoms with Gasteiger partial charge in [0.25, 0.3) is 0 Å². The number of morpholine rings is 1. The Morgan fingerprint density at radius 2 is 2.12 bits per heavy atom. The van der Waals surface area contributed by atoms with Crippen molar-refractivity contribution in [3.05, 3.63) is 35.9 Å². The van der Waals surface area contributed by atoms with Crippen molar-refractivity contribution >= 4 is 28.7 Å². The Balaban J connectivity index is 1.38. The summed E-state index contributed by atoms with van der Waals surface area (Å²) in [6, 6.07) is 6.59. The molecule has 132 valence electrons. The number of aromatic nitrogens is 2. The maximum Gasteiger partial charge on any atom is 0.221 e. The molecule has 0 bridgehead atoms. The van der Waals surface area contributed by atoms with Gasteiger partial charge in [-0.2, -0.15) is 8.75 Å². The van der Waals surface area contributed by atoms with Gasteiger partial charge in [-0.05, 0) is 30.5 Å². The van der Waals surface area contributed by atoms with Crippen molar-refractivity contribution < 1.29 is 9.53 Å². The summed E-state index contributed by atoms with van der Waals surface area (Å²) in [6.07, 6.45) is 6.63. The molecule has 1 aromatic carbocycles. The summed E-state index contributed by atoms with van der Waals surface area (Å²) in [5.41, 5.74) is 3.09. The number of amides is 1. The van der Waals surface area contributed by atoms with E-state index in [0.717, 1.165) is 37.0 Å². The largest absolute Gasteiger partial charge is 0.378 e. The zero-order valence-corrected chi connectivity index (χ0v) is 14.9. The lowest BCUT2D eigenvalue weighted by Crippen LogP contribution is -2.48. The fourth-order valence-electron chi connectivity index (χ4n) is 3.48. The number of ether oxygens (including phenoxy) is 1. The molecule has 1 N–H and O–H groups in total. The van der Waals surface area contributed by atoms with E-state index in [1.54, 1.807) is 0 Å². The van der Waals surface area contributed by atoms with Gasteiger partial charge in [0, 0.05) is 31.6 Å². The van der Waals surface area contributed by atoms with Gasteiger partial charge in [0.05, 0.1) is 24.9 Å². The molecule has 0 radical (unpaired) electrons. The van der Waals surface area contributed by atoms with Crippen LogP contribution in [0.2, 0.25) is 0 Å². The summed E-state index contributed by atoms with van der Waals surface area (Å²) in [4.78, 5) is 14.7. The Bertz CT molecular complexity index is 767. The minimum Gasteiger partial charge on any atom is -0.378 e. The highest BCUT2D eigenvalue weighted by Crippen LogP contribution is 2.19. The van der Waals surface area contributed by atoms with Crippen molar-refractivity contribution in [2.24, 2.45) is 0 Å². The highest BCUT2D eigenvalue weighted by atomic mass is 32.1. The van der Waals surface area contributed by atoms with Gasteiger partial charge in [-0.25, -0.2) is 0 Å². The molecular formula is C18H22N4O2S. The average molecular weight is 358 g/mol. The Morgan fingerprint density at radius 1 is 1.28 bits per heavy atom. The molecule has 25 heavy (non-hydrogen) atoms. The van der Waals surface area contributed by atoms with Crippen molar-refractivity contribution in [2.75, 3.05) is 19.8 Å². The third kappa shape index (κ3) is 4.05. The predicted molar refractivity (Wildman–Crippen MR) is 97.4 cm³/mol. The monoisotopic (exact) mass is 358 g/mol. The average Bonchev–Trinajstić information content (AvgIpc) is 3.27. The normalized spacial score (nSPS) is 21.8. The van der Waals surface area contributed by atoms with E-state index < -0.39 is 0 Å². The second-order valence-electron chi connectivity index (χ2n) is 6.70. The number of fused-ring (bicyclic) bond motifs is 1. The van der Waals surface area contributed by atoms with E-state index in [2.05, 4.69) is 43.2 Å². The van der Waals surface area contributed by atoms with Crippen LogP contribution in [0.25, 0.3) is 11.0 Å². The molecule has 2 heterocycles. The number of nitrogens with one attached hydrogen (secondary N) is 1. The van der Waals surface area contributed by atoms with E-state index in [9.17, 15) is 4.79 Å². The Kier molecular flexibility index (Phi) is 5.05. The molecule has 2 aliphatic rings. The topological polar surface area (TPSA) is 67.3 Å². The summed E-state index contributed by atoms with van der Waals surface area (Å²) in [5, 5.41) is 3.13. The van der Waals surface area contributed by atoms with Crippen LogP contribution in [0, 0.1) is 0 Å². The molecule has 2 aromatic rings. The number of hydrogen-bond donors (Lipinski definition) is 1. The van der Waals surface area contributed by atoms with Crippen LogP contribution in [0.1, 0.15) is 24.8 Å². The van der Waals surface area contributed by atoms with E-state index in [1.165, 1.54) is 17.3 Å². The minimum atomic E-state index is 0.118. The van der Waals surface area contributed by atoms with Gasteiger partial charge in [-0.1, -0.05) is 18.2 Å². The highest BCUT2D eigenvalue weighted by molar-refractivity contribution is 7.00. The van der Waals surface area contributed by atoms with E-state index >= 15 is 0 Å². The fraction of sp³-hybridized carbons (Fsp3) is 0.500. The van der Waals surface area contributed by atoms with Crippen molar-refractivity contribution in [3.63, 3.8) is 0 Å². The van der Waals surface area contributed by atoms with E-state index in [1.807, 2.05) is 6.07 Å². The number of nitrogens with zero attached hydrogens (tertiary/aromatic N) is 3. The first-order valence-corrected chi connectivity index (χ1v) is 9.48. The third-order valence-corrected chi connectivity index (χ3v) is 5.40. The SMILES string of the molecule is O=C(CC1COCCN1Cc1ccc2nsnc2c1)NC1CC=CC1. The van der Waals surface area contributed by atoms with Crippen molar-refractivity contribution in [2.45, 2.75) is 37.9 Å². The first-order valence-electron chi connectivity index (χ1n) is 8.75. The van der Waals surface area contributed by atoms with Crippen molar-refractivity contribution in [1.29, 1.82) is 0 Å². The number of carbonyl (C=O) groups is 1. The number of hydrogen-bond acceptors (Lipinski definition) is 6. The number of rotatable bonds is 5. The summed E-state index contributed by atoms with van der Waals surface area (Å²) < 4.78 is 14.2. The zero-order valence-electron chi connectivity index (χ0n) is 14.1. The Labute approximate surface area is 151 Å². The summed E-state index contributed by atoms with van der Waals surface area (Å²) in [6.45, 7) is 2.97. The smallest absolute Gasteiger partial charge is 0.221 e. The number of benzene rings is 1. The molecule has 1 fully saturated rings. The molecule has 0 saturated carbocycles. The predicted octanol–water partition coefficient (Wildman–Crippen LogP) is 2.12. The molecule has 1 unspecified atom stereocenters. The second-order valence-corrected chi connectivity index (χ2v) is 7.23. The van der Waals surface area contributed by atoms with Gasteiger partial charge in [0.2, 0.25) is 5.91 Å². The lowest BCUT2D eigenvalue weighted by atomic mass is 10.1. The molecule has 1 aliphatic carbocycles. The molecule has 7 heteroatoms. The molecule has 1 amide bonds. The highest BCUT2D eigenvalue weighted by Gasteiger charge is 2.26. The van der Waals surface area contributed by atoms with Crippen LogP contribution in [0.4, 0.5) is 0 Å². The summed E-state index contributed by atoms with van der Waals surface area (Å²) in [7, 11) is 0. The van der Waals surface area contributed by atoms with Crippen LogP contribution >= 0.6 is 11.7 Å². The van der Waals surface area contributed by atoms with Gasteiger partial charge >= 0.3 is 0 Å².